The van der Waals surface area contributed by atoms with Crippen molar-refractivity contribution in [3.8, 4) is 11.8 Å². The minimum Gasteiger partial charge on any atom is -0.492 e. The topological polar surface area (TPSA) is 62.9 Å². The third-order valence-electron chi connectivity index (χ3n) is 2.85. The lowest BCUT2D eigenvalue weighted by Crippen LogP contribution is -2.33. The second kappa shape index (κ2) is 7.31. The fourth-order valence-electron chi connectivity index (χ4n) is 1.88. The van der Waals surface area contributed by atoms with E-state index in [1.807, 2.05) is 29.1 Å². The summed E-state index contributed by atoms with van der Waals surface area (Å²) in [6.07, 6.45) is 3.72. The van der Waals surface area contributed by atoms with Gasteiger partial charge in [-0.25, -0.2) is 0 Å². The molecule has 0 unspecified atom stereocenters. The molecule has 0 bridgehead atoms. The van der Waals surface area contributed by atoms with Crippen LogP contribution >= 0.6 is 0 Å². The third kappa shape index (κ3) is 4.41. The van der Waals surface area contributed by atoms with Gasteiger partial charge in [0.1, 0.15) is 12.4 Å². The summed E-state index contributed by atoms with van der Waals surface area (Å²) in [5.74, 6) is 0.727. The SMILES string of the molecule is C[C@H](Cn1cccn1)NCCOc1cccc(C#N)c1. The zero-order valence-electron chi connectivity index (χ0n) is 11.5. The number of nitrogens with one attached hydrogen (secondary N) is 1. The maximum Gasteiger partial charge on any atom is 0.120 e. The number of hydrogen-bond acceptors (Lipinski definition) is 4. The molecule has 0 fully saturated rings. The summed E-state index contributed by atoms with van der Waals surface area (Å²) in [5, 5.41) is 16.3. The van der Waals surface area contributed by atoms with Crippen molar-refractivity contribution in [1.82, 2.24) is 15.1 Å². The maximum atomic E-state index is 8.80. The Balaban J connectivity index is 1.67. The number of rotatable bonds is 7. The van der Waals surface area contributed by atoms with Gasteiger partial charge >= 0.3 is 0 Å². The first kappa shape index (κ1) is 14.1. The Labute approximate surface area is 118 Å². The minimum atomic E-state index is 0.323. The summed E-state index contributed by atoms with van der Waals surface area (Å²) >= 11 is 0. The van der Waals surface area contributed by atoms with Crippen molar-refractivity contribution in [2.75, 3.05) is 13.2 Å². The van der Waals surface area contributed by atoms with E-state index in [4.69, 9.17) is 10.00 Å². The van der Waals surface area contributed by atoms with Gasteiger partial charge in [-0.1, -0.05) is 6.07 Å². The highest BCUT2D eigenvalue weighted by molar-refractivity contribution is 5.36. The van der Waals surface area contributed by atoms with Gasteiger partial charge in [0.2, 0.25) is 0 Å². The molecule has 5 nitrogen and oxygen atoms in total. The first-order valence-corrected chi connectivity index (χ1v) is 6.61. The summed E-state index contributed by atoms with van der Waals surface area (Å²) in [6, 6.07) is 11.5. The molecular weight excluding hydrogens is 252 g/mol. The molecule has 2 rings (SSSR count). The fraction of sp³-hybridized carbons (Fsp3) is 0.333. The minimum absolute atomic E-state index is 0.323. The molecule has 1 aromatic heterocycles. The van der Waals surface area contributed by atoms with Gasteiger partial charge in [-0.2, -0.15) is 10.4 Å². The predicted octanol–water partition coefficient (Wildman–Crippen LogP) is 1.81. The second-order valence-corrected chi connectivity index (χ2v) is 4.57. The molecule has 20 heavy (non-hydrogen) atoms. The largest absolute Gasteiger partial charge is 0.492 e. The quantitative estimate of drug-likeness (QED) is 0.779. The molecule has 0 spiro atoms. The molecule has 2 aromatic rings. The lowest BCUT2D eigenvalue weighted by atomic mass is 10.2. The van der Waals surface area contributed by atoms with Crippen LogP contribution in [0.3, 0.4) is 0 Å². The number of nitriles is 1. The number of hydrogen-bond donors (Lipinski definition) is 1. The summed E-state index contributed by atoms with van der Waals surface area (Å²) in [7, 11) is 0. The van der Waals surface area contributed by atoms with Crippen molar-refractivity contribution in [2.45, 2.75) is 19.5 Å². The zero-order valence-corrected chi connectivity index (χ0v) is 11.5. The van der Waals surface area contributed by atoms with Gasteiger partial charge in [-0.05, 0) is 31.2 Å². The van der Waals surface area contributed by atoms with E-state index in [-0.39, 0.29) is 0 Å². The predicted molar refractivity (Wildman–Crippen MR) is 76.3 cm³/mol. The Hall–Kier alpha value is -2.32. The molecule has 1 N–H and O–H groups in total. The maximum absolute atomic E-state index is 8.80. The lowest BCUT2D eigenvalue weighted by Gasteiger charge is -2.14. The van der Waals surface area contributed by atoms with E-state index in [0.717, 1.165) is 18.8 Å². The number of aromatic nitrogens is 2. The van der Waals surface area contributed by atoms with Crippen molar-refractivity contribution in [3.63, 3.8) is 0 Å². The van der Waals surface area contributed by atoms with Gasteiger partial charge in [0.25, 0.3) is 0 Å². The van der Waals surface area contributed by atoms with Crippen LogP contribution in [0, 0.1) is 11.3 Å². The standard InChI is InChI=1S/C15H18N4O/c1-13(12-19-8-3-6-18-19)17-7-9-20-15-5-2-4-14(10-15)11-16/h2-6,8,10,13,17H,7,9,12H2,1H3/t13-/m1/s1. The Morgan fingerprint density at radius 1 is 1.45 bits per heavy atom. The highest BCUT2D eigenvalue weighted by atomic mass is 16.5. The average Bonchev–Trinajstić information content (AvgIpc) is 2.97. The Kier molecular flexibility index (Phi) is 5.15. The van der Waals surface area contributed by atoms with E-state index in [9.17, 15) is 0 Å². The molecule has 104 valence electrons. The van der Waals surface area contributed by atoms with Crippen LogP contribution in [0.4, 0.5) is 0 Å². The van der Waals surface area contributed by atoms with Crippen molar-refractivity contribution in [3.05, 3.63) is 48.3 Å². The molecule has 0 radical (unpaired) electrons. The molecule has 0 amide bonds. The van der Waals surface area contributed by atoms with E-state index in [0.29, 0.717) is 18.2 Å². The number of ether oxygens (including phenoxy) is 1. The Bertz CT molecular complexity index is 560. The van der Waals surface area contributed by atoms with Crippen molar-refractivity contribution in [1.29, 1.82) is 5.26 Å². The van der Waals surface area contributed by atoms with Crippen LogP contribution in [-0.2, 0) is 6.54 Å². The van der Waals surface area contributed by atoms with Crippen molar-refractivity contribution >= 4 is 0 Å². The molecule has 0 aliphatic carbocycles. The van der Waals surface area contributed by atoms with Gasteiger partial charge in [0.05, 0.1) is 18.2 Å². The van der Waals surface area contributed by atoms with Crippen LogP contribution in [0.5, 0.6) is 5.75 Å². The molecule has 1 atom stereocenters. The molecule has 5 heteroatoms. The zero-order chi connectivity index (χ0) is 14.2. The first-order chi connectivity index (χ1) is 9.78. The normalized spacial score (nSPS) is 11.8. The van der Waals surface area contributed by atoms with Crippen molar-refractivity contribution < 1.29 is 4.74 Å². The molecule has 1 aromatic carbocycles. The molecule has 0 aliphatic heterocycles. The molecule has 0 saturated carbocycles. The van der Waals surface area contributed by atoms with Crippen LogP contribution in [-0.4, -0.2) is 29.0 Å². The second-order valence-electron chi connectivity index (χ2n) is 4.57. The monoisotopic (exact) mass is 270 g/mol. The van der Waals surface area contributed by atoms with Crippen LogP contribution in [0.2, 0.25) is 0 Å². The summed E-state index contributed by atoms with van der Waals surface area (Å²) in [6.45, 7) is 4.26. The van der Waals surface area contributed by atoms with Gasteiger partial charge in [-0.15, -0.1) is 0 Å². The number of benzene rings is 1. The first-order valence-electron chi connectivity index (χ1n) is 6.61. The Morgan fingerprint density at radius 3 is 3.10 bits per heavy atom. The molecule has 1 heterocycles. The fourth-order valence-corrected chi connectivity index (χ4v) is 1.88. The van der Waals surface area contributed by atoms with Crippen molar-refractivity contribution in [2.24, 2.45) is 0 Å². The average molecular weight is 270 g/mol. The van der Waals surface area contributed by atoms with Crippen LogP contribution in [0.1, 0.15) is 12.5 Å². The van der Waals surface area contributed by atoms with Crippen LogP contribution < -0.4 is 10.1 Å². The van der Waals surface area contributed by atoms with Gasteiger partial charge in [0, 0.05) is 25.0 Å². The van der Waals surface area contributed by atoms with Gasteiger partial charge in [-0.3, -0.25) is 4.68 Å². The van der Waals surface area contributed by atoms with E-state index >= 15 is 0 Å². The van der Waals surface area contributed by atoms with Gasteiger partial charge in [0.15, 0.2) is 0 Å². The van der Waals surface area contributed by atoms with E-state index in [2.05, 4.69) is 23.4 Å². The van der Waals surface area contributed by atoms with Crippen LogP contribution in [0.25, 0.3) is 0 Å². The molecule has 0 aliphatic rings. The summed E-state index contributed by atoms with van der Waals surface area (Å²) < 4.78 is 7.50. The molecular formula is C15H18N4O. The summed E-state index contributed by atoms with van der Waals surface area (Å²) in [5.41, 5.74) is 0.613. The highest BCUT2D eigenvalue weighted by Crippen LogP contribution is 2.11. The third-order valence-corrected chi connectivity index (χ3v) is 2.85. The smallest absolute Gasteiger partial charge is 0.120 e. The van der Waals surface area contributed by atoms with E-state index in [1.165, 1.54) is 0 Å². The summed E-state index contributed by atoms with van der Waals surface area (Å²) in [4.78, 5) is 0. The molecule has 0 saturated heterocycles. The highest BCUT2D eigenvalue weighted by Gasteiger charge is 2.02. The van der Waals surface area contributed by atoms with Gasteiger partial charge < -0.3 is 10.1 Å². The Morgan fingerprint density at radius 2 is 2.35 bits per heavy atom. The van der Waals surface area contributed by atoms with E-state index in [1.54, 1.807) is 18.3 Å². The number of nitrogens with zero attached hydrogens (tertiary/aromatic N) is 3. The van der Waals surface area contributed by atoms with Crippen LogP contribution in [0.15, 0.2) is 42.7 Å². The lowest BCUT2D eigenvalue weighted by molar-refractivity contribution is 0.301. The van der Waals surface area contributed by atoms with E-state index < -0.39 is 0 Å².